The number of amides is 1. The van der Waals surface area contributed by atoms with Gasteiger partial charge in [-0.2, -0.15) is 5.10 Å². The zero-order valence-corrected chi connectivity index (χ0v) is 13.6. The summed E-state index contributed by atoms with van der Waals surface area (Å²) in [6.07, 6.45) is 1.27. The summed E-state index contributed by atoms with van der Waals surface area (Å²) in [6.45, 7) is 5.86. The standard InChI is InChI=1S/C16H18ClN3O2/c1-5-16(21)20(10-12-8-11(2)19(3)18-12)13-6-7-14(17)15(9-13)22-4/h5-9H,1,10H2,2-4H3. The molecule has 0 N–H and O–H groups in total. The fourth-order valence-corrected chi connectivity index (χ4v) is 2.29. The highest BCUT2D eigenvalue weighted by Crippen LogP contribution is 2.30. The second-order valence-electron chi connectivity index (χ2n) is 4.85. The topological polar surface area (TPSA) is 47.4 Å². The average Bonchev–Trinajstić information content (AvgIpc) is 2.83. The minimum Gasteiger partial charge on any atom is -0.495 e. The van der Waals surface area contributed by atoms with Crippen molar-refractivity contribution in [1.82, 2.24) is 9.78 Å². The van der Waals surface area contributed by atoms with Crippen LogP contribution in [0.3, 0.4) is 0 Å². The molecule has 0 radical (unpaired) electrons. The van der Waals surface area contributed by atoms with Crippen LogP contribution >= 0.6 is 11.6 Å². The zero-order valence-electron chi connectivity index (χ0n) is 12.8. The highest BCUT2D eigenvalue weighted by atomic mass is 35.5. The van der Waals surface area contributed by atoms with Crippen molar-refractivity contribution in [2.24, 2.45) is 7.05 Å². The minimum atomic E-state index is -0.215. The molecule has 0 unspecified atom stereocenters. The number of anilines is 1. The van der Waals surface area contributed by atoms with Gasteiger partial charge in [-0.15, -0.1) is 0 Å². The normalized spacial score (nSPS) is 10.4. The van der Waals surface area contributed by atoms with Crippen molar-refractivity contribution in [3.8, 4) is 5.75 Å². The summed E-state index contributed by atoms with van der Waals surface area (Å²) in [7, 11) is 3.40. The molecule has 0 saturated heterocycles. The molecule has 22 heavy (non-hydrogen) atoms. The molecular weight excluding hydrogens is 302 g/mol. The first kappa shape index (κ1) is 16.1. The lowest BCUT2D eigenvalue weighted by Gasteiger charge is -2.21. The summed E-state index contributed by atoms with van der Waals surface area (Å²) in [5.41, 5.74) is 2.49. The number of nitrogens with zero attached hydrogens (tertiary/aromatic N) is 3. The zero-order chi connectivity index (χ0) is 16.3. The quantitative estimate of drug-likeness (QED) is 0.796. The first-order valence-corrected chi connectivity index (χ1v) is 7.11. The summed E-state index contributed by atoms with van der Waals surface area (Å²) in [5.74, 6) is 0.297. The van der Waals surface area contributed by atoms with Gasteiger partial charge in [-0.05, 0) is 31.2 Å². The van der Waals surface area contributed by atoms with Gasteiger partial charge in [-0.3, -0.25) is 9.48 Å². The number of aromatic nitrogens is 2. The van der Waals surface area contributed by atoms with Crippen molar-refractivity contribution in [2.75, 3.05) is 12.0 Å². The second kappa shape index (κ2) is 6.66. The largest absolute Gasteiger partial charge is 0.495 e. The van der Waals surface area contributed by atoms with Gasteiger partial charge in [-0.1, -0.05) is 18.2 Å². The van der Waals surface area contributed by atoms with Crippen LogP contribution in [0.25, 0.3) is 0 Å². The molecule has 0 saturated carbocycles. The Morgan fingerprint density at radius 3 is 2.77 bits per heavy atom. The molecule has 0 aliphatic rings. The Bertz CT molecular complexity index is 690. The number of hydrogen-bond acceptors (Lipinski definition) is 3. The molecule has 0 fully saturated rings. The van der Waals surface area contributed by atoms with Crippen LogP contribution in [0.5, 0.6) is 5.75 Å². The van der Waals surface area contributed by atoms with Gasteiger partial charge in [0, 0.05) is 24.5 Å². The summed E-state index contributed by atoms with van der Waals surface area (Å²) in [6, 6.07) is 7.13. The van der Waals surface area contributed by atoms with E-state index < -0.39 is 0 Å². The van der Waals surface area contributed by atoms with Crippen LogP contribution in [0.2, 0.25) is 5.02 Å². The molecule has 0 atom stereocenters. The third-order valence-electron chi connectivity index (χ3n) is 3.37. The summed E-state index contributed by atoms with van der Waals surface area (Å²) in [4.78, 5) is 13.8. The van der Waals surface area contributed by atoms with E-state index in [-0.39, 0.29) is 5.91 Å². The summed E-state index contributed by atoms with van der Waals surface area (Å²) < 4.78 is 6.98. The van der Waals surface area contributed by atoms with Gasteiger partial charge in [-0.25, -0.2) is 0 Å². The van der Waals surface area contributed by atoms with Crippen molar-refractivity contribution >= 4 is 23.2 Å². The maximum atomic E-state index is 12.2. The Balaban J connectivity index is 2.37. The van der Waals surface area contributed by atoms with Gasteiger partial charge in [0.15, 0.2) is 0 Å². The van der Waals surface area contributed by atoms with E-state index in [1.165, 1.54) is 13.2 Å². The Morgan fingerprint density at radius 2 is 2.23 bits per heavy atom. The van der Waals surface area contributed by atoms with Crippen LogP contribution in [-0.4, -0.2) is 22.8 Å². The maximum absolute atomic E-state index is 12.2. The van der Waals surface area contributed by atoms with Crippen LogP contribution in [0.15, 0.2) is 36.9 Å². The van der Waals surface area contributed by atoms with Gasteiger partial charge in [0.2, 0.25) is 0 Å². The number of ether oxygens (including phenoxy) is 1. The Morgan fingerprint density at radius 1 is 1.50 bits per heavy atom. The van der Waals surface area contributed by atoms with Crippen molar-refractivity contribution in [1.29, 1.82) is 0 Å². The van der Waals surface area contributed by atoms with Gasteiger partial charge < -0.3 is 9.64 Å². The summed E-state index contributed by atoms with van der Waals surface area (Å²) >= 11 is 6.03. The molecular formula is C16H18ClN3O2. The first-order valence-electron chi connectivity index (χ1n) is 6.73. The monoisotopic (exact) mass is 319 g/mol. The first-order chi connectivity index (χ1) is 10.5. The third kappa shape index (κ3) is 3.31. The van der Waals surface area contributed by atoms with E-state index in [0.717, 1.165) is 11.4 Å². The lowest BCUT2D eigenvalue weighted by Crippen LogP contribution is -2.28. The van der Waals surface area contributed by atoms with E-state index in [4.69, 9.17) is 16.3 Å². The van der Waals surface area contributed by atoms with E-state index >= 15 is 0 Å². The fraction of sp³-hybridized carbons (Fsp3) is 0.250. The number of aryl methyl sites for hydroxylation is 2. The van der Waals surface area contributed by atoms with Crippen LogP contribution in [0, 0.1) is 6.92 Å². The smallest absolute Gasteiger partial charge is 0.250 e. The second-order valence-corrected chi connectivity index (χ2v) is 5.26. The molecule has 2 rings (SSSR count). The highest BCUT2D eigenvalue weighted by Gasteiger charge is 2.17. The lowest BCUT2D eigenvalue weighted by molar-refractivity contribution is -0.114. The molecule has 0 aliphatic carbocycles. The number of methoxy groups -OCH3 is 1. The number of benzene rings is 1. The van der Waals surface area contributed by atoms with Crippen LogP contribution in [0.4, 0.5) is 5.69 Å². The average molecular weight is 320 g/mol. The molecule has 1 aromatic carbocycles. The molecule has 1 aromatic heterocycles. The Hall–Kier alpha value is -2.27. The third-order valence-corrected chi connectivity index (χ3v) is 3.68. The minimum absolute atomic E-state index is 0.215. The number of hydrogen-bond donors (Lipinski definition) is 0. The van der Waals surface area contributed by atoms with E-state index in [1.807, 2.05) is 20.0 Å². The fourth-order valence-electron chi connectivity index (χ4n) is 2.10. The molecule has 0 bridgehead atoms. The van der Waals surface area contributed by atoms with Crippen molar-refractivity contribution in [3.05, 3.63) is 53.3 Å². The maximum Gasteiger partial charge on any atom is 0.250 e. The van der Waals surface area contributed by atoms with E-state index in [9.17, 15) is 4.79 Å². The Labute approximate surface area is 134 Å². The van der Waals surface area contributed by atoms with Crippen LogP contribution < -0.4 is 9.64 Å². The number of carbonyl (C=O) groups excluding carboxylic acids is 1. The van der Waals surface area contributed by atoms with Gasteiger partial charge in [0.05, 0.1) is 24.4 Å². The van der Waals surface area contributed by atoms with Crippen molar-refractivity contribution in [2.45, 2.75) is 13.5 Å². The number of rotatable bonds is 5. The molecule has 6 heteroatoms. The van der Waals surface area contributed by atoms with Gasteiger partial charge in [0.1, 0.15) is 5.75 Å². The molecule has 0 aliphatic heterocycles. The number of carbonyl (C=O) groups is 1. The predicted molar refractivity (Wildman–Crippen MR) is 87.3 cm³/mol. The SMILES string of the molecule is C=CC(=O)N(Cc1cc(C)n(C)n1)c1ccc(Cl)c(OC)c1. The van der Waals surface area contributed by atoms with Crippen molar-refractivity contribution < 1.29 is 9.53 Å². The molecule has 1 amide bonds. The van der Waals surface area contributed by atoms with Crippen LogP contribution in [0.1, 0.15) is 11.4 Å². The number of halogens is 1. The highest BCUT2D eigenvalue weighted by molar-refractivity contribution is 6.32. The van der Waals surface area contributed by atoms with E-state index in [1.54, 1.807) is 27.8 Å². The van der Waals surface area contributed by atoms with Crippen molar-refractivity contribution in [3.63, 3.8) is 0 Å². The molecule has 1 heterocycles. The molecule has 2 aromatic rings. The molecule has 5 nitrogen and oxygen atoms in total. The van der Waals surface area contributed by atoms with E-state index in [2.05, 4.69) is 11.7 Å². The predicted octanol–water partition coefficient (Wildman–Crippen LogP) is 3.11. The van der Waals surface area contributed by atoms with Gasteiger partial charge in [0.25, 0.3) is 5.91 Å². The van der Waals surface area contributed by atoms with Gasteiger partial charge >= 0.3 is 0 Å². The van der Waals surface area contributed by atoms with Crippen LogP contribution in [-0.2, 0) is 18.4 Å². The summed E-state index contributed by atoms with van der Waals surface area (Å²) in [5, 5.41) is 4.88. The Kier molecular flexibility index (Phi) is 4.88. The lowest BCUT2D eigenvalue weighted by atomic mass is 10.2. The molecule has 0 spiro atoms. The van der Waals surface area contributed by atoms with E-state index in [0.29, 0.717) is 23.0 Å². The molecule has 116 valence electrons.